The lowest BCUT2D eigenvalue weighted by atomic mass is 10.2. The van der Waals surface area contributed by atoms with Crippen molar-refractivity contribution in [2.24, 2.45) is 0 Å². The Balaban J connectivity index is 2.76. The van der Waals surface area contributed by atoms with Crippen LogP contribution in [0.1, 0.15) is 26.7 Å². The summed E-state index contributed by atoms with van der Waals surface area (Å²) in [6.45, 7) is 4.10. The number of hydrogen-bond donors (Lipinski definition) is 1. The normalized spacial score (nSPS) is 10.6. The van der Waals surface area contributed by atoms with Crippen molar-refractivity contribution in [2.45, 2.75) is 32.7 Å². The van der Waals surface area contributed by atoms with Gasteiger partial charge in [0, 0.05) is 12.2 Å². The van der Waals surface area contributed by atoms with E-state index in [9.17, 15) is 4.39 Å². The molecule has 1 heterocycles. The van der Waals surface area contributed by atoms with E-state index >= 15 is 0 Å². The van der Waals surface area contributed by atoms with Crippen LogP contribution < -0.4 is 5.32 Å². The first-order valence-corrected chi connectivity index (χ1v) is 5.12. The SMILES string of the molecule is CCC(CC)Nc1ncc(Cl)cc1F. The highest BCUT2D eigenvalue weighted by Crippen LogP contribution is 2.17. The first-order chi connectivity index (χ1) is 6.67. The maximum absolute atomic E-state index is 13.3. The monoisotopic (exact) mass is 216 g/mol. The van der Waals surface area contributed by atoms with E-state index in [0.717, 1.165) is 12.8 Å². The zero-order valence-electron chi connectivity index (χ0n) is 8.35. The molecule has 0 bridgehead atoms. The molecule has 1 N–H and O–H groups in total. The van der Waals surface area contributed by atoms with Crippen molar-refractivity contribution in [3.8, 4) is 0 Å². The van der Waals surface area contributed by atoms with Crippen molar-refractivity contribution in [3.63, 3.8) is 0 Å². The van der Waals surface area contributed by atoms with Gasteiger partial charge in [0.05, 0.1) is 5.02 Å². The van der Waals surface area contributed by atoms with Gasteiger partial charge >= 0.3 is 0 Å². The van der Waals surface area contributed by atoms with Gasteiger partial charge in [0.2, 0.25) is 0 Å². The van der Waals surface area contributed by atoms with E-state index in [0.29, 0.717) is 5.02 Å². The molecule has 4 heteroatoms. The highest BCUT2D eigenvalue weighted by Gasteiger charge is 2.08. The lowest BCUT2D eigenvalue weighted by molar-refractivity contribution is 0.608. The molecule has 0 aliphatic heterocycles. The Bertz CT molecular complexity index is 300. The van der Waals surface area contributed by atoms with Gasteiger partial charge in [0.1, 0.15) is 0 Å². The number of hydrogen-bond acceptors (Lipinski definition) is 2. The molecule has 0 fully saturated rings. The number of anilines is 1. The Kier molecular flexibility index (Phi) is 4.14. The lowest BCUT2D eigenvalue weighted by Gasteiger charge is -2.15. The van der Waals surface area contributed by atoms with Gasteiger partial charge < -0.3 is 5.32 Å². The van der Waals surface area contributed by atoms with Crippen molar-refractivity contribution in [2.75, 3.05) is 5.32 Å². The van der Waals surface area contributed by atoms with Gasteiger partial charge in [-0.1, -0.05) is 25.4 Å². The molecule has 14 heavy (non-hydrogen) atoms. The van der Waals surface area contributed by atoms with Crippen LogP contribution in [-0.2, 0) is 0 Å². The second-order valence-electron chi connectivity index (χ2n) is 3.14. The van der Waals surface area contributed by atoms with Crippen LogP contribution in [0.4, 0.5) is 10.2 Å². The van der Waals surface area contributed by atoms with E-state index in [1.165, 1.54) is 12.3 Å². The highest BCUT2D eigenvalue weighted by molar-refractivity contribution is 6.30. The van der Waals surface area contributed by atoms with Crippen molar-refractivity contribution in [3.05, 3.63) is 23.1 Å². The van der Waals surface area contributed by atoms with E-state index in [1.807, 2.05) is 0 Å². The topological polar surface area (TPSA) is 24.9 Å². The molecular formula is C10H14ClFN2. The van der Waals surface area contributed by atoms with E-state index in [4.69, 9.17) is 11.6 Å². The van der Waals surface area contributed by atoms with Gasteiger partial charge in [0.25, 0.3) is 0 Å². The molecule has 0 saturated heterocycles. The Hall–Kier alpha value is -0.830. The van der Waals surface area contributed by atoms with Crippen LogP contribution in [0, 0.1) is 5.82 Å². The summed E-state index contributed by atoms with van der Waals surface area (Å²) in [6.07, 6.45) is 3.33. The predicted octanol–water partition coefficient (Wildman–Crippen LogP) is 3.47. The van der Waals surface area contributed by atoms with Gasteiger partial charge in [-0.25, -0.2) is 9.37 Å². The molecule has 0 saturated carbocycles. The van der Waals surface area contributed by atoms with Gasteiger partial charge in [-0.3, -0.25) is 0 Å². The summed E-state index contributed by atoms with van der Waals surface area (Å²) in [6, 6.07) is 1.53. The molecule has 0 unspecified atom stereocenters. The van der Waals surface area contributed by atoms with Gasteiger partial charge in [-0.15, -0.1) is 0 Å². The van der Waals surface area contributed by atoms with Gasteiger partial charge in [-0.05, 0) is 18.9 Å². The molecular weight excluding hydrogens is 203 g/mol. The fourth-order valence-corrected chi connectivity index (χ4v) is 1.35. The number of halogens is 2. The number of pyridine rings is 1. The second kappa shape index (κ2) is 5.15. The zero-order chi connectivity index (χ0) is 10.6. The fourth-order valence-electron chi connectivity index (χ4n) is 1.21. The molecule has 0 aromatic carbocycles. The number of aromatic nitrogens is 1. The summed E-state index contributed by atoms with van der Waals surface area (Å²) < 4.78 is 13.3. The first kappa shape index (κ1) is 11.2. The van der Waals surface area contributed by atoms with Crippen molar-refractivity contribution in [1.29, 1.82) is 0 Å². The molecule has 0 aliphatic carbocycles. The second-order valence-corrected chi connectivity index (χ2v) is 3.58. The van der Waals surface area contributed by atoms with Crippen LogP contribution in [0.5, 0.6) is 0 Å². The Morgan fingerprint density at radius 1 is 1.50 bits per heavy atom. The first-order valence-electron chi connectivity index (χ1n) is 4.75. The van der Waals surface area contributed by atoms with E-state index in [-0.39, 0.29) is 11.9 Å². The minimum absolute atomic E-state index is 0.262. The Morgan fingerprint density at radius 3 is 2.64 bits per heavy atom. The minimum Gasteiger partial charge on any atom is -0.365 e. The van der Waals surface area contributed by atoms with Crippen LogP contribution >= 0.6 is 11.6 Å². The molecule has 0 amide bonds. The molecule has 0 spiro atoms. The van der Waals surface area contributed by atoms with Crippen LogP contribution in [-0.4, -0.2) is 11.0 Å². The maximum Gasteiger partial charge on any atom is 0.166 e. The third-order valence-electron chi connectivity index (χ3n) is 2.13. The minimum atomic E-state index is -0.399. The summed E-state index contributed by atoms with van der Waals surface area (Å²) in [5.41, 5.74) is 0. The summed E-state index contributed by atoms with van der Waals surface area (Å²) in [4.78, 5) is 3.90. The Morgan fingerprint density at radius 2 is 2.14 bits per heavy atom. The summed E-state index contributed by atoms with van der Waals surface area (Å²) in [5.74, 6) is -0.118. The van der Waals surface area contributed by atoms with Gasteiger partial charge in [0.15, 0.2) is 11.6 Å². The Labute approximate surface area is 88.5 Å². The van der Waals surface area contributed by atoms with Crippen LogP contribution in [0.25, 0.3) is 0 Å². The van der Waals surface area contributed by atoms with E-state index in [1.54, 1.807) is 0 Å². The molecule has 0 aliphatic rings. The number of nitrogens with one attached hydrogen (secondary N) is 1. The number of nitrogens with zero attached hydrogens (tertiary/aromatic N) is 1. The van der Waals surface area contributed by atoms with E-state index in [2.05, 4.69) is 24.1 Å². The summed E-state index contributed by atoms with van der Waals surface area (Å²) >= 11 is 5.59. The molecule has 1 rings (SSSR count). The third-order valence-corrected chi connectivity index (χ3v) is 2.34. The van der Waals surface area contributed by atoms with Gasteiger partial charge in [-0.2, -0.15) is 0 Å². The highest BCUT2D eigenvalue weighted by atomic mass is 35.5. The molecule has 1 aromatic heterocycles. The average molecular weight is 217 g/mol. The predicted molar refractivity (Wildman–Crippen MR) is 57.2 cm³/mol. The van der Waals surface area contributed by atoms with Crippen LogP contribution in [0.15, 0.2) is 12.3 Å². The number of rotatable bonds is 4. The molecule has 2 nitrogen and oxygen atoms in total. The van der Waals surface area contributed by atoms with Crippen molar-refractivity contribution >= 4 is 17.4 Å². The molecule has 1 aromatic rings. The average Bonchev–Trinajstić information content (AvgIpc) is 2.17. The standard InChI is InChI=1S/C10H14ClFN2/c1-3-8(4-2)14-10-9(12)5-7(11)6-13-10/h5-6,8H,3-4H2,1-2H3,(H,13,14). The molecule has 0 radical (unpaired) electrons. The van der Waals surface area contributed by atoms with Crippen LogP contribution in [0.3, 0.4) is 0 Å². The maximum atomic E-state index is 13.3. The quantitative estimate of drug-likeness (QED) is 0.834. The molecule has 0 atom stereocenters. The summed E-state index contributed by atoms with van der Waals surface area (Å²) in [7, 11) is 0. The third kappa shape index (κ3) is 2.84. The largest absolute Gasteiger partial charge is 0.365 e. The smallest absolute Gasteiger partial charge is 0.166 e. The fraction of sp³-hybridized carbons (Fsp3) is 0.500. The zero-order valence-corrected chi connectivity index (χ0v) is 9.11. The lowest BCUT2D eigenvalue weighted by Crippen LogP contribution is -2.18. The van der Waals surface area contributed by atoms with E-state index < -0.39 is 5.82 Å². The summed E-state index contributed by atoms with van der Waals surface area (Å²) in [5, 5.41) is 3.35. The molecule has 78 valence electrons. The van der Waals surface area contributed by atoms with Crippen molar-refractivity contribution in [1.82, 2.24) is 4.98 Å². The van der Waals surface area contributed by atoms with Crippen LogP contribution in [0.2, 0.25) is 5.02 Å². The van der Waals surface area contributed by atoms with Crippen molar-refractivity contribution < 1.29 is 4.39 Å².